The summed E-state index contributed by atoms with van der Waals surface area (Å²) in [7, 11) is -1.57. The van der Waals surface area contributed by atoms with Gasteiger partial charge in [-0.15, -0.1) is 0 Å². The fraction of sp³-hybridized carbons (Fsp3) is 0.538. The Balaban J connectivity index is 2.12. The number of pyridine rings is 1. The summed E-state index contributed by atoms with van der Waals surface area (Å²) < 4.78 is 10.4. The first-order valence-electron chi connectivity index (χ1n) is 6.63. The lowest BCUT2D eigenvalue weighted by molar-refractivity contribution is -0.0817. The quantitative estimate of drug-likeness (QED) is 0.650. The molecule has 1 fully saturated rings. The number of alkyl carbamates (subject to hydrolysis) is 1. The standard InChI is InChI=1S/C13H19BN2O5/c1-12(2,3)21-11(17)16-13(7-20-8-13)10-5-4-9(6-15-10)14(18)19/h4-6,18-19H,7-8H2,1-3H3,(H,16,17). The van der Waals surface area contributed by atoms with E-state index >= 15 is 0 Å². The zero-order chi connectivity index (χ0) is 15.7. The molecular weight excluding hydrogens is 275 g/mol. The number of ether oxygens (including phenoxy) is 2. The van der Waals surface area contributed by atoms with Crippen molar-refractivity contribution in [3.8, 4) is 0 Å². The lowest BCUT2D eigenvalue weighted by atomic mass is 9.81. The van der Waals surface area contributed by atoms with Crippen LogP contribution < -0.4 is 10.8 Å². The van der Waals surface area contributed by atoms with E-state index in [1.165, 1.54) is 6.20 Å². The van der Waals surface area contributed by atoms with E-state index in [9.17, 15) is 4.79 Å². The SMILES string of the molecule is CC(C)(C)OC(=O)NC1(c2ccc(B(O)O)cn2)COC1. The number of nitrogens with one attached hydrogen (secondary N) is 1. The highest BCUT2D eigenvalue weighted by Crippen LogP contribution is 2.28. The van der Waals surface area contributed by atoms with Crippen molar-refractivity contribution in [1.82, 2.24) is 10.3 Å². The van der Waals surface area contributed by atoms with Gasteiger partial charge in [0, 0.05) is 11.7 Å². The highest BCUT2D eigenvalue weighted by molar-refractivity contribution is 6.58. The second kappa shape index (κ2) is 5.63. The molecule has 1 amide bonds. The van der Waals surface area contributed by atoms with Gasteiger partial charge < -0.3 is 24.8 Å². The molecule has 1 aromatic rings. The topological polar surface area (TPSA) is 101 Å². The predicted molar refractivity (Wildman–Crippen MR) is 75.9 cm³/mol. The molecule has 2 rings (SSSR count). The van der Waals surface area contributed by atoms with E-state index in [4.69, 9.17) is 19.5 Å². The Hall–Kier alpha value is -1.64. The molecular formula is C13H19BN2O5. The second-order valence-electron chi connectivity index (χ2n) is 6.05. The highest BCUT2D eigenvalue weighted by Gasteiger charge is 2.44. The number of rotatable bonds is 3. The lowest BCUT2D eigenvalue weighted by Gasteiger charge is -2.41. The van der Waals surface area contributed by atoms with Gasteiger partial charge in [0.1, 0.15) is 11.1 Å². The molecule has 1 aliphatic rings. The molecule has 1 aromatic heterocycles. The number of hydrogen-bond acceptors (Lipinski definition) is 6. The third-order valence-electron chi connectivity index (χ3n) is 3.01. The van der Waals surface area contributed by atoms with Crippen molar-refractivity contribution in [2.75, 3.05) is 13.2 Å². The van der Waals surface area contributed by atoms with Crippen LogP contribution in [0.4, 0.5) is 4.79 Å². The van der Waals surface area contributed by atoms with Crippen LogP contribution in [-0.2, 0) is 15.0 Å². The van der Waals surface area contributed by atoms with E-state index in [1.54, 1.807) is 32.9 Å². The summed E-state index contributed by atoms with van der Waals surface area (Å²) in [6, 6.07) is 3.18. The minimum Gasteiger partial charge on any atom is -0.444 e. The number of hydrogen-bond donors (Lipinski definition) is 3. The molecule has 1 saturated heterocycles. The van der Waals surface area contributed by atoms with Gasteiger partial charge in [-0.25, -0.2) is 4.79 Å². The van der Waals surface area contributed by atoms with Gasteiger partial charge in [-0.3, -0.25) is 4.98 Å². The van der Waals surface area contributed by atoms with Crippen LogP contribution >= 0.6 is 0 Å². The van der Waals surface area contributed by atoms with Gasteiger partial charge in [0.05, 0.1) is 18.9 Å². The Kier molecular flexibility index (Phi) is 4.22. The summed E-state index contributed by atoms with van der Waals surface area (Å²) in [5.74, 6) is 0. The van der Waals surface area contributed by atoms with Crippen molar-refractivity contribution in [2.45, 2.75) is 31.9 Å². The van der Waals surface area contributed by atoms with Crippen molar-refractivity contribution in [3.05, 3.63) is 24.0 Å². The van der Waals surface area contributed by atoms with Gasteiger partial charge in [-0.1, -0.05) is 6.07 Å². The summed E-state index contributed by atoms with van der Waals surface area (Å²) in [5, 5.41) is 20.9. The number of amides is 1. The molecule has 7 nitrogen and oxygen atoms in total. The molecule has 21 heavy (non-hydrogen) atoms. The average Bonchev–Trinajstić information content (AvgIpc) is 2.32. The molecule has 0 saturated carbocycles. The summed E-state index contributed by atoms with van der Waals surface area (Å²) in [6.07, 6.45) is 0.815. The second-order valence-corrected chi connectivity index (χ2v) is 6.05. The van der Waals surface area contributed by atoms with Gasteiger partial charge in [-0.05, 0) is 26.8 Å². The Morgan fingerprint density at radius 3 is 2.48 bits per heavy atom. The van der Waals surface area contributed by atoms with Crippen molar-refractivity contribution >= 4 is 18.7 Å². The van der Waals surface area contributed by atoms with Gasteiger partial charge >= 0.3 is 13.2 Å². The monoisotopic (exact) mass is 294 g/mol. The first-order valence-corrected chi connectivity index (χ1v) is 6.63. The zero-order valence-corrected chi connectivity index (χ0v) is 12.3. The van der Waals surface area contributed by atoms with Gasteiger partial charge in [0.2, 0.25) is 0 Å². The van der Waals surface area contributed by atoms with Crippen LogP contribution in [-0.4, -0.2) is 47.1 Å². The predicted octanol–water partition coefficient (Wildman–Crippen LogP) is -0.488. The lowest BCUT2D eigenvalue weighted by Crippen LogP contribution is -2.60. The van der Waals surface area contributed by atoms with Crippen LogP contribution in [0, 0.1) is 0 Å². The number of nitrogens with zero attached hydrogens (tertiary/aromatic N) is 1. The summed E-state index contributed by atoms with van der Waals surface area (Å²) in [5.41, 5.74) is -0.453. The molecule has 0 bridgehead atoms. The Morgan fingerprint density at radius 2 is 2.10 bits per heavy atom. The molecule has 1 aliphatic heterocycles. The number of carbonyl (C=O) groups excluding carboxylic acids is 1. The van der Waals surface area contributed by atoms with E-state index in [2.05, 4.69) is 10.3 Å². The minimum atomic E-state index is -1.57. The maximum absolute atomic E-state index is 11.9. The Labute approximate surface area is 123 Å². The van der Waals surface area contributed by atoms with Crippen LogP contribution in [0.1, 0.15) is 26.5 Å². The van der Waals surface area contributed by atoms with E-state index < -0.39 is 24.4 Å². The number of aromatic nitrogens is 1. The third kappa shape index (κ3) is 3.72. The molecule has 0 aliphatic carbocycles. The van der Waals surface area contributed by atoms with Crippen molar-refractivity contribution in [1.29, 1.82) is 0 Å². The fourth-order valence-corrected chi connectivity index (χ4v) is 1.93. The molecule has 0 radical (unpaired) electrons. The van der Waals surface area contributed by atoms with Crippen LogP contribution in [0.5, 0.6) is 0 Å². The normalized spacial score (nSPS) is 16.8. The first-order chi connectivity index (χ1) is 9.72. The maximum Gasteiger partial charge on any atom is 0.490 e. The van der Waals surface area contributed by atoms with Crippen LogP contribution in [0.25, 0.3) is 0 Å². The first kappa shape index (κ1) is 15.7. The molecule has 3 N–H and O–H groups in total. The molecule has 0 unspecified atom stereocenters. The van der Waals surface area contributed by atoms with Crippen LogP contribution in [0.2, 0.25) is 0 Å². The molecule has 114 valence electrons. The van der Waals surface area contributed by atoms with Gasteiger partial charge in [0.25, 0.3) is 0 Å². The Bertz CT molecular complexity index is 508. The molecule has 8 heteroatoms. The number of carbonyl (C=O) groups is 1. The van der Waals surface area contributed by atoms with Crippen LogP contribution in [0.3, 0.4) is 0 Å². The van der Waals surface area contributed by atoms with Gasteiger partial charge in [0.15, 0.2) is 0 Å². The van der Waals surface area contributed by atoms with Gasteiger partial charge in [-0.2, -0.15) is 0 Å². The Morgan fingerprint density at radius 1 is 1.43 bits per heavy atom. The van der Waals surface area contributed by atoms with E-state index in [1.807, 2.05) is 0 Å². The maximum atomic E-state index is 11.9. The molecule has 0 atom stereocenters. The zero-order valence-electron chi connectivity index (χ0n) is 12.3. The minimum absolute atomic E-state index is 0.284. The van der Waals surface area contributed by atoms with E-state index in [0.717, 1.165) is 0 Å². The van der Waals surface area contributed by atoms with E-state index in [0.29, 0.717) is 18.9 Å². The molecule has 2 heterocycles. The van der Waals surface area contributed by atoms with Crippen molar-refractivity contribution in [2.24, 2.45) is 0 Å². The van der Waals surface area contributed by atoms with Crippen LogP contribution in [0.15, 0.2) is 18.3 Å². The van der Waals surface area contributed by atoms with E-state index in [-0.39, 0.29) is 5.46 Å². The molecule has 0 aromatic carbocycles. The smallest absolute Gasteiger partial charge is 0.444 e. The largest absolute Gasteiger partial charge is 0.490 e. The summed E-state index contributed by atoms with van der Waals surface area (Å²) >= 11 is 0. The summed E-state index contributed by atoms with van der Waals surface area (Å²) in [4.78, 5) is 16.1. The highest BCUT2D eigenvalue weighted by atomic mass is 16.6. The van der Waals surface area contributed by atoms with Crippen molar-refractivity contribution < 1.29 is 24.3 Å². The summed E-state index contributed by atoms with van der Waals surface area (Å²) in [6.45, 7) is 5.94. The fourth-order valence-electron chi connectivity index (χ4n) is 1.93. The van der Waals surface area contributed by atoms with Crippen molar-refractivity contribution in [3.63, 3.8) is 0 Å². The molecule has 0 spiro atoms. The third-order valence-corrected chi connectivity index (χ3v) is 3.01. The average molecular weight is 294 g/mol.